The van der Waals surface area contributed by atoms with Crippen LogP contribution in [0.15, 0.2) is 36.5 Å². The molecule has 1 amide bonds. The number of aromatic nitrogens is 1. The molecule has 2 atom stereocenters. The highest BCUT2D eigenvalue weighted by Crippen LogP contribution is 2.40. The van der Waals surface area contributed by atoms with Crippen molar-refractivity contribution in [2.75, 3.05) is 5.32 Å². The molecule has 1 fully saturated rings. The predicted octanol–water partition coefficient (Wildman–Crippen LogP) is 3.15. The minimum atomic E-state index is -0.937. The highest BCUT2D eigenvalue weighted by molar-refractivity contribution is 5.98. The van der Waals surface area contributed by atoms with E-state index in [2.05, 4.69) is 10.3 Å². The molecule has 0 spiro atoms. The van der Waals surface area contributed by atoms with E-state index in [4.69, 9.17) is 9.84 Å². The van der Waals surface area contributed by atoms with Gasteiger partial charge in [-0.15, -0.1) is 0 Å². The maximum absolute atomic E-state index is 12.2. The summed E-state index contributed by atoms with van der Waals surface area (Å²) in [6.45, 7) is 3.94. The van der Waals surface area contributed by atoms with E-state index in [0.717, 1.165) is 11.1 Å². The molecule has 0 saturated heterocycles. The number of aryl methyl sites for hydroxylation is 1. The molecule has 3 rings (SSSR count). The van der Waals surface area contributed by atoms with Gasteiger partial charge in [-0.3, -0.25) is 9.59 Å². The average molecular weight is 326 g/mol. The van der Waals surface area contributed by atoms with Gasteiger partial charge in [-0.2, -0.15) is 0 Å². The van der Waals surface area contributed by atoms with E-state index in [1.807, 2.05) is 32.0 Å². The number of pyridine rings is 1. The van der Waals surface area contributed by atoms with Crippen LogP contribution in [0.2, 0.25) is 0 Å². The molecule has 0 radical (unpaired) electrons. The fourth-order valence-corrected chi connectivity index (χ4v) is 2.49. The summed E-state index contributed by atoms with van der Waals surface area (Å²) < 4.78 is 5.85. The molecular formula is C18H18N2O4. The number of aliphatic carboxylic acids is 1. The second-order valence-corrected chi connectivity index (χ2v) is 5.93. The Morgan fingerprint density at radius 2 is 2.00 bits per heavy atom. The van der Waals surface area contributed by atoms with Crippen LogP contribution < -0.4 is 10.1 Å². The van der Waals surface area contributed by atoms with Crippen LogP contribution in [0.5, 0.6) is 11.6 Å². The zero-order valence-electron chi connectivity index (χ0n) is 13.4. The summed E-state index contributed by atoms with van der Waals surface area (Å²) in [6.07, 6.45) is 1.95. The molecule has 1 heterocycles. The smallest absolute Gasteiger partial charge is 0.307 e. The Labute approximate surface area is 139 Å². The van der Waals surface area contributed by atoms with Gasteiger partial charge in [0.2, 0.25) is 11.8 Å². The molecule has 6 heteroatoms. The molecule has 1 aromatic heterocycles. The maximum Gasteiger partial charge on any atom is 0.307 e. The van der Waals surface area contributed by atoms with E-state index in [-0.39, 0.29) is 11.8 Å². The van der Waals surface area contributed by atoms with Crippen molar-refractivity contribution in [1.29, 1.82) is 0 Å². The highest BCUT2D eigenvalue weighted by atomic mass is 16.5. The van der Waals surface area contributed by atoms with Gasteiger partial charge in [-0.05, 0) is 49.6 Å². The van der Waals surface area contributed by atoms with Gasteiger partial charge < -0.3 is 15.2 Å². The van der Waals surface area contributed by atoms with Gasteiger partial charge in [0.05, 0.1) is 11.8 Å². The molecule has 24 heavy (non-hydrogen) atoms. The van der Waals surface area contributed by atoms with Gasteiger partial charge in [0.1, 0.15) is 11.4 Å². The molecule has 1 saturated carbocycles. The summed E-state index contributed by atoms with van der Waals surface area (Å²) in [5.41, 5.74) is 2.52. The van der Waals surface area contributed by atoms with Crippen molar-refractivity contribution in [3.05, 3.63) is 47.7 Å². The Kier molecular flexibility index (Phi) is 4.20. The summed E-state index contributed by atoms with van der Waals surface area (Å²) >= 11 is 0. The van der Waals surface area contributed by atoms with Gasteiger partial charge in [0.15, 0.2) is 0 Å². The molecule has 0 aliphatic heterocycles. The van der Waals surface area contributed by atoms with E-state index in [9.17, 15) is 9.59 Å². The fourth-order valence-electron chi connectivity index (χ4n) is 2.49. The van der Waals surface area contributed by atoms with Crippen molar-refractivity contribution in [2.24, 2.45) is 11.8 Å². The van der Waals surface area contributed by atoms with E-state index in [1.165, 1.54) is 0 Å². The number of nitrogens with zero attached hydrogens (tertiary/aromatic N) is 1. The second-order valence-electron chi connectivity index (χ2n) is 5.93. The van der Waals surface area contributed by atoms with Gasteiger partial charge in [0.25, 0.3) is 0 Å². The van der Waals surface area contributed by atoms with Crippen LogP contribution in [0.4, 0.5) is 5.69 Å². The minimum Gasteiger partial charge on any atom is -0.481 e. The first-order chi connectivity index (χ1) is 11.5. The first-order valence-electron chi connectivity index (χ1n) is 7.70. The number of benzene rings is 1. The average Bonchev–Trinajstić information content (AvgIpc) is 3.34. The third-order valence-corrected chi connectivity index (χ3v) is 4.23. The Balaban J connectivity index is 1.77. The predicted molar refractivity (Wildman–Crippen MR) is 88.1 cm³/mol. The monoisotopic (exact) mass is 326 g/mol. The van der Waals surface area contributed by atoms with E-state index in [0.29, 0.717) is 17.9 Å². The lowest BCUT2D eigenvalue weighted by molar-refractivity contribution is -0.139. The normalized spacial score (nSPS) is 18.8. The van der Waals surface area contributed by atoms with Gasteiger partial charge in [-0.25, -0.2) is 4.98 Å². The molecule has 0 bridgehead atoms. The second kappa shape index (κ2) is 6.31. The Morgan fingerprint density at radius 3 is 2.71 bits per heavy atom. The topological polar surface area (TPSA) is 88.5 Å². The van der Waals surface area contributed by atoms with Crippen molar-refractivity contribution < 1.29 is 19.4 Å². The molecule has 6 nitrogen and oxygen atoms in total. The number of carboxylic acid groups (broad SMARTS) is 1. The van der Waals surface area contributed by atoms with Crippen LogP contribution in [0.25, 0.3) is 0 Å². The Morgan fingerprint density at radius 1 is 1.21 bits per heavy atom. The first kappa shape index (κ1) is 16.0. The molecule has 1 aliphatic carbocycles. The van der Waals surface area contributed by atoms with Crippen molar-refractivity contribution in [3.8, 4) is 11.6 Å². The van der Waals surface area contributed by atoms with Gasteiger partial charge in [0, 0.05) is 6.20 Å². The Bertz CT molecular complexity index is 803. The highest BCUT2D eigenvalue weighted by Gasteiger charge is 2.48. The standard InChI is InChI=1S/C18H18N2O4/c1-10-5-3-7-15(11(10)2)24-17-14(6-4-8-19-17)20-16(21)12-9-13(12)18(22)23/h3-8,12-13H,9H2,1-2H3,(H,20,21)(H,22,23). The Hall–Kier alpha value is -2.89. The molecule has 1 aromatic carbocycles. The van der Waals surface area contributed by atoms with Crippen molar-refractivity contribution in [3.63, 3.8) is 0 Å². The largest absolute Gasteiger partial charge is 0.481 e. The molecule has 1 aliphatic rings. The van der Waals surface area contributed by atoms with E-state index >= 15 is 0 Å². The summed E-state index contributed by atoms with van der Waals surface area (Å²) in [6, 6.07) is 9.09. The molecule has 2 aromatic rings. The van der Waals surface area contributed by atoms with Crippen LogP contribution in [0, 0.1) is 25.7 Å². The fraction of sp³-hybridized carbons (Fsp3) is 0.278. The number of hydrogen-bond acceptors (Lipinski definition) is 4. The number of hydrogen-bond donors (Lipinski definition) is 2. The zero-order valence-corrected chi connectivity index (χ0v) is 13.4. The van der Waals surface area contributed by atoms with Gasteiger partial charge in [-0.1, -0.05) is 12.1 Å². The van der Waals surface area contributed by atoms with E-state index < -0.39 is 17.8 Å². The van der Waals surface area contributed by atoms with Crippen LogP contribution in [0.3, 0.4) is 0 Å². The lowest BCUT2D eigenvalue weighted by atomic mass is 10.1. The first-order valence-corrected chi connectivity index (χ1v) is 7.70. The van der Waals surface area contributed by atoms with Gasteiger partial charge >= 0.3 is 5.97 Å². The molecule has 2 N–H and O–H groups in total. The molecular weight excluding hydrogens is 308 g/mol. The van der Waals surface area contributed by atoms with Crippen molar-refractivity contribution >= 4 is 17.6 Å². The molecule has 124 valence electrons. The summed E-state index contributed by atoms with van der Waals surface area (Å²) in [5, 5.41) is 11.6. The van der Waals surface area contributed by atoms with Crippen LogP contribution >= 0.6 is 0 Å². The van der Waals surface area contributed by atoms with Crippen molar-refractivity contribution in [1.82, 2.24) is 4.98 Å². The molecule has 2 unspecified atom stereocenters. The number of carboxylic acids is 1. The third kappa shape index (κ3) is 3.22. The van der Waals surface area contributed by atoms with Crippen molar-refractivity contribution in [2.45, 2.75) is 20.3 Å². The van der Waals surface area contributed by atoms with E-state index in [1.54, 1.807) is 18.3 Å². The lowest BCUT2D eigenvalue weighted by Gasteiger charge is -2.13. The summed E-state index contributed by atoms with van der Waals surface area (Å²) in [4.78, 5) is 27.2. The number of rotatable bonds is 5. The number of amides is 1. The number of anilines is 1. The minimum absolute atomic E-state index is 0.284. The van der Waals surface area contributed by atoms with Crippen LogP contribution in [-0.4, -0.2) is 22.0 Å². The number of carbonyl (C=O) groups is 2. The number of carbonyl (C=O) groups excluding carboxylic acids is 1. The zero-order chi connectivity index (χ0) is 17.3. The lowest BCUT2D eigenvalue weighted by Crippen LogP contribution is -2.17. The van der Waals surface area contributed by atoms with Crippen LogP contribution in [-0.2, 0) is 9.59 Å². The maximum atomic E-state index is 12.2. The number of nitrogens with one attached hydrogen (secondary N) is 1. The number of ether oxygens (including phenoxy) is 1. The summed E-state index contributed by atoms with van der Waals surface area (Å²) in [7, 11) is 0. The SMILES string of the molecule is Cc1cccc(Oc2ncccc2NC(=O)C2CC2C(=O)O)c1C. The third-order valence-electron chi connectivity index (χ3n) is 4.23. The quantitative estimate of drug-likeness (QED) is 0.881. The summed E-state index contributed by atoms with van der Waals surface area (Å²) in [5.74, 6) is -1.39. The van der Waals surface area contributed by atoms with Crippen LogP contribution in [0.1, 0.15) is 17.5 Å².